The van der Waals surface area contributed by atoms with Crippen molar-refractivity contribution in [2.24, 2.45) is 0 Å². The number of nitrogens with zero attached hydrogens (tertiary/aromatic N) is 2. The minimum Gasteiger partial charge on any atom is -0.296 e. The number of fused-ring (bicyclic) bond motifs is 1. The quantitative estimate of drug-likeness (QED) is 0.662. The van der Waals surface area contributed by atoms with Crippen molar-refractivity contribution < 1.29 is 4.79 Å². The van der Waals surface area contributed by atoms with Crippen molar-refractivity contribution in [3.63, 3.8) is 0 Å². The summed E-state index contributed by atoms with van der Waals surface area (Å²) in [4.78, 5) is 16.4. The maximum Gasteiger partial charge on any atom is 0.195 e. The summed E-state index contributed by atoms with van der Waals surface area (Å²) in [5.74, 6) is 0. The van der Waals surface area contributed by atoms with Gasteiger partial charge in [0.05, 0.1) is 0 Å². The molecule has 2 rings (SSSR count). The second kappa shape index (κ2) is 2.57. The van der Waals surface area contributed by atoms with Crippen LogP contribution in [0.15, 0.2) is 6.20 Å². The van der Waals surface area contributed by atoms with Crippen LogP contribution in [0.3, 0.4) is 0 Å². The smallest absolute Gasteiger partial charge is 0.195 e. The molecule has 0 N–H and O–H groups in total. The Hall–Kier alpha value is -0.870. The van der Waals surface area contributed by atoms with Crippen LogP contribution in [-0.2, 0) is 0 Å². The Kier molecular flexibility index (Phi) is 1.66. The van der Waals surface area contributed by atoms with Crippen molar-refractivity contribution in [1.82, 2.24) is 9.38 Å². The Morgan fingerprint density at radius 2 is 2.50 bits per heavy atom. The van der Waals surface area contributed by atoms with Crippen molar-refractivity contribution in [3.05, 3.63) is 21.9 Å². The van der Waals surface area contributed by atoms with Gasteiger partial charge < -0.3 is 0 Å². The highest BCUT2D eigenvalue weighted by molar-refractivity contribution is 7.17. The molecule has 0 aliphatic carbocycles. The average molecular weight is 201 g/mol. The first-order valence-corrected chi connectivity index (χ1v) is 4.51. The molecule has 2 aromatic rings. The van der Waals surface area contributed by atoms with E-state index in [9.17, 15) is 4.79 Å². The van der Waals surface area contributed by atoms with Crippen LogP contribution in [-0.4, -0.2) is 15.7 Å². The van der Waals surface area contributed by atoms with E-state index in [0.29, 0.717) is 10.8 Å². The van der Waals surface area contributed by atoms with Crippen LogP contribution < -0.4 is 0 Å². The fourth-order valence-electron chi connectivity index (χ4n) is 1.08. The Morgan fingerprint density at radius 3 is 3.17 bits per heavy atom. The van der Waals surface area contributed by atoms with Crippen molar-refractivity contribution in [2.75, 3.05) is 0 Å². The highest BCUT2D eigenvalue weighted by Gasteiger charge is 2.09. The summed E-state index contributed by atoms with van der Waals surface area (Å²) in [5, 5.41) is 0.421. The molecule has 2 heterocycles. The highest BCUT2D eigenvalue weighted by Crippen LogP contribution is 2.22. The Morgan fingerprint density at radius 1 is 1.75 bits per heavy atom. The van der Waals surface area contributed by atoms with E-state index in [1.807, 2.05) is 6.92 Å². The lowest BCUT2D eigenvalue weighted by Gasteiger charge is -1.86. The molecule has 0 fully saturated rings. The topological polar surface area (TPSA) is 34.4 Å². The van der Waals surface area contributed by atoms with E-state index in [0.717, 1.165) is 16.1 Å². The predicted molar refractivity (Wildman–Crippen MR) is 48.2 cm³/mol. The third kappa shape index (κ3) is 0.956. The first-order chi connectivity index (χ1) is 5.72. The third-order valence-electron chi connectivity index (χ3n) is 1.62. The van der Waals surface area contributed by atoms with Gasteiger partial charge in [-0.3, -0.25) is 9.20 Å². The van der Waals surface area contributed by atoms with E-state index in [4.69, 9.17) is 11.6 Å². The number of carbonyl (C=O) groups excluding carboxylic acids is 1. The minimum atomic E-state index is 0.421. The van der Waals surface area contributed by atoms with Crippen molar-refractivity contribution in [1.29, 1.82) is 0 Å². The van der Waals surface area contributed by atoms with Gasteiger partial charge in [-0.05, 0) is 6.92 Å². The van der Waals surface area contributed by atoms with Gasteiger partial charge in [0, 0.05) is 11.1 Å². The summed E-state index contributed by atoms with van der Waals surface area (Å²) in [7, 11) is 0. The lowest BCUT2D eigenvalue weighted by molar-refractivity contribution is 0.111. The van der Waals surface area contributed by atoms with Crippen LogP contribution in [0.25, 0.3) is 4.96 Å². The molecule has 0 amide bonds. The minimum absolute atomic E-state index is 0.421. The van der Waals surface area contributed by atoms with Gasteiger partial charge in [0.2, 0.25) is 0 Å². The summed E-state index contributed by atoms with van der Waals surface area (Å²) < 4.78 is 1.70. The van der Waals surface area contributed by atoms with E-state index in [2.05, 4.69) is 4.98 Å². The van der Waals surface area contributed by atoms with E-state index in [-0.39, 0.29) is 0 Å². The third-order valence-corrected chi connectivity index (χ3v) is 2.79. The largest absolute Gasteiger partial charge is 0.296 e. The van der Waals surface area contributed by atoms with Gasteiger partial charge >= 0.3 is 0 Å². The molecule has 0 unspecified atom stereocenters. The molecule has 0 radical (unpaired) electrons. The Labute approximate surface area is 77.6 Å². The maximum atomic E-state index is 10.6. The van der Waals surface area contributed by atoms with Crippen LogP contribution in [0.4, 0.5) is 0 Å². The number of rotatable bonds is 1. The molecule has 62 valence electrons. The van der Waals surface area contributed by atoms with Gasteiger partial charge in [-0.25, -0.2) is 4.98 Å². The van der Waals surface area contributed by atoms with E-state index >= 15 is 0 Å². The highest BCUT2D eigenvalue weighted by atomic mass is 35.5. The lowest BCUT2D eigenvalue weighted by atomic mass is 10.4. The maximum absolute atomic E-state index is 10.6. The lowest BCUT2D eigenvalue weighted by Crippen LogP contribution is -1.87. The van der Waals surface area contributed by atoms with Crippen molar-refractivity contribution in [2.45, 2.75) is 6.92 Å². The average Bonchev–Trinajstić information content (AvgIpc) is 2.43. The molecular formula is C7H5ClN2OS. The summed E-state index contributed by atoms with van der Waals surface area (Å²) >= 11 is 7.12. The van der Waals surface area contributed by atoms with Gasteiger partial charge in [-0.2, -0.15) is 0 Å². The number of imidazole rings is 1. The molecule has 2 aromatic heterocycles. The Bertz CT molecular complexity index is 445. The SMILES string of the molecule is Cc1sc2nc(Cl)cn2c1C=O. The number of aldehydes is 1. The summed E-state index contributed by atoms with van der Waals surface area (Å²) in [6.45, 7) is 1.89. The van der Waals surface area contributed by atoms with E-state index < -0.39 is 0 Å². The van der Waals surface area contributed by atoms with Gasteiger partial charge in [0.1, 0.15) is 10.8 Å². The fourth-order valence-corrected chi connectivity index (χ4v) is 2.23. The number of aromatic nitrogens is 2. The molecule has 5 heteroatoms. The molecule has 0 atom stereocenters. The second-order valence-electron chi connectivity index (χ2n) is 2.38. The molecule has 0 saturated heterocycles. The van der Waals surface area contributed by atoms with Gasteiger partial charge in [-0.1, -0.05) is 11.6 Å². The molecule has 0 aliphatic heterocycles. The fraction of sp³-hybridized carbons (Fsp3) is 0.143. The molecule has 0 saturated carbocycles. The Balaban J connectivity index is 2.86. The van der Waals surface area contributed by atoms with Gasteiger partial charge in [0.25, 0.3) is 0 Å². The molecule has 3 nitrogen and oxygen atoms in total. The number of halogens is 1. The molecule has 0 aliphatic rings. The first-order valence-electron chi connectivity index (χ1n) is 3.31. The van der Waals surface area contributed by atoms with Crippen LogP contribution in [0.1, 0.15) is 15.4 Å². The van der Waals surface area contributed by atoms with Crippen LogP contribution in [0.2, 0.25) is 5.15 Å². The predicted octanol–water partition coefficient (Wildman–Crippen LogP) is 2.17. The van der Waals surface area contributed by atoms with E-state index in [1.54, 1.807) is 10.6 Å². The van der Waals surface area contributed by atoms with Crippen LogP contribution in [0.5, 0.6) is 0 Å². The number of hydrogen-bond acceptors (Lipinski definition) is 3. The zero-order chi connectivity index (χ0) is 8.72. The van der Waals surface area contributed by atoms with Gasteiger partial charge in [0.15, 0.2) is 11.2 Å². The molecule has 0 bridgehead atoms. The summed E-state index contributed by atoms with van der Waals surface area (Å²) in [5.41, 5.74) is 0.634. The molecule has 0 aromatic carbocycles. The molecular weight excluding hydrogens is 196 g/mol. The van der Waals surface area contributed by atoms with Crippen molar-refractivity contribution in [3.8, 4) is 0 Å². The standard InChI is InChI=1S/C7H5ClN2OS/c1-4-5(3-11)10-2-6(8)9-7(10)12-4/h2-3H,1H3. The first kappa shape index (κ1) is 7.76. The summed E-state index contributed by atoms with van der Waals surface area (Å²) in [6, 6.07) is 0. The summed E-state index contributed by atoms with van der Waals surface area (Å²) in [6.07, 6.45) is 2.46. The molecule has 12 heavy (non-hydrogen) atoms. The monoisotopic (exact) mass is 200 g/mol. The zero-order valence-corrected chi connectivity index (χ0v) is 7.82. The number of hydrogen-bond donors (Lipinski definition) is 0. The zero-order valence-electron chi connectivity index (χ0n) is 6.24. The number of carbonyl (C=O) groups is 1. The van der Waals surface area contributed by atoms with Crippen molar-refractivity contribution >= 4 is 34.2 Å². The number of aryl methyl sites for hydroxylation is 1. The van der Waals surface area contributed by atoms with Gasteiger partial charge in [-0.15, -0.1) is 11.3 Å². The molecule has 0 spiro atoms. The van der Waals surface area contributed by atoms with E-state index in [1.165, 1.54) is 11.3 Å². The van der Waals surface area contributed by atoms with Crippen LogP contribution in [0, 0.1) is 6.92 Å². The number of thiazole rings is 1. The normalized spacial score (nSPS) is 10.8. The van der Waals surface area contributed by atoms with Crippen LogP contribution >= 0.6 is 22.9 Å². The second-order valence-corrected chi connectivity index (χ2v) is 3.95.